The molecule has 2 saturated heterocycles. The Morgan fingerprint density at radius 2 is 2.03 bits per heavy atom. The first-order chi connectivity index (χ1) is 15.1. The number of hydrogen-bond acceptors (Lipinski definition) is 6. The van der Waals surface area contributed by atoms with Crippen molar-refractivity contribution in [1.29, 1.82) is 0 Å². The summed E-state index contributed by atoms with van der Waals surface area (Å²) in [5.41, 5.74) is 9.36. The Labute approximate surface area is 195 Å². The predicted octanol–water partition coefficient (Wildman–Crippen LogP) is 2.82. The van der Waals surface area contributed by atoms with Gasteiger partial charge in [-0.3, -0.25) is 20.4 Å². The molecule has 5 N–H and O–H groups in total. The van der Waals surface area contributed by atoms with Crippen LogP contribution in [-0.2, 0) is 0 Å². The summed E-state index contributed by atoms with van der Waals surface area (Å²) in [4.78, 5) is 4.86. The van der Waals surface area contributed by atoms with Crippen molar-refractivity contribution < 1.29 is 5.11 Å². The number of fused-ring (bicyclic) bond motifs is 2. The molecule has 4 rings (SSSR count). The van der Waals surface area contributed by atoms with Gasteiger partial charge in [0.2, 0.25) is 0 Å². The van der Waals surface area contributed by atoms with Gasteiger partial charge >= 0.3 is 0 Å². The molecule has 8 unspecified atom stereocenters. The van der Waals surface area contributed by atoms with Crippen LogP contribution in [0, 0.1) is 22.7 Å². The molecule has 32 heavy (non-hydrogen) atoms. The Kier molecular flexibility index (Phi) is 6.95. The van der Waals surface area contributed by atoms with E-state index >= 15 is 0 Å². The second kappa shape index (κ2) is 9.12. The molecule has 0 amide bonds. The summed E-state index contributed by atoms with van der Waals surface area (Å²) >= 11 is 0. The number of nitrogens with zero attached hydrogens (tertiary/aromatic N) is 2. The lowest BCUT2D eigenvalue weighted by Crippen LogP contribution is -2.67. The minimum absolute atomic E-state index is 0.00864. The van der Waals surface area contributed by atoms with Crippen LogP contribution in [0.4, 0.5) is 0 Å². The second-order valence-corrected chi connectivity index (χ2v) is 11.8. The van der Waals surface area contributed by atoms with Gasteiger partial charge in [0.25, 0.3) is 0 Å². The molecule has 4 aliphatic rings. The Hall–Kier alpha value is -0.760. The largest absolute Gasteiger partial charge is 0.389 e. The van der Waals surface area contributed by atoms with Gasteiger partial charge < -0.3 is 10.8 Å². The fourth-order valence-electron chi connectivity index (χ4n) is 7.48. The lowest BCUT2D eigenvalue weighted by molar-refractivity contribution is -0.0730. The Morgan fingerprint density at radius 1 is 1.28 bits per heavy atom. The van der Waals surface area contributed by atoms with Gasteiger partial charge in [-0.25, -0.2) is 0 Å². The van der Waals surface area contributed by atoms with E-state index in [0.717, 1.165) is 44.7 Å². The molecular formula is C26H47N5O. The molecule has 0 aromatic carbocycles. The quantitative estimate of drug-likeness (QED) is 0.488. The first-order valence-corrected chi connectivity index (χ1v) is 12.8. The van der Waals surface area contributed by atoms with Gasteiger partial charge in [0.05, 0.1) is 31.1 Å². The van der Waals surface area contributed by atoms with Crippen molar-refractivity contribution in [3.05, 3.63) is 23.8 Å². The van der Waals surface area contributed by atoms with Crippen LogP contribution in [0.2, 0.25) is 0 Å². The van der Waals surface area contributed by atoms with Crippen molar-refractivity contribution in [2.24, 2.45) is 28.4 Å². The van der Waals surface area contributed by atoms with Crippen molar-refractivity contribution in [2.45, 2.75) is 90.7 Å². The van der Waals surface area contributed by atoms with E-state index in [0.29, 0.717) is 29.5 Å². The molecule has 2 heterocycles. The van der Waals surface area contributed by atoms with E-state index < -0.39 is 0 Å². The third-order valence-electron chi connectivity index (χ3n) is 10.0. The number of aliphatic hydroxyl groups is 1. The molecule has 0 radical (unpaired) electrons. The summed E-state index contributed by atoms with van der Waals surface area (Å²) in [6, 6.07) is 0.300. The van der Waals surface area contributed by atoms with E-state index in [4.69, 9.17) is 5.73 Å². The van der Waals surface area contributed by atoms with Crippen molar-refractivity contribution in [1.82, 2.24) is 20.4 Å². The van der Waals surface area contributed by atoms with Crippen LogP contribution in [0.25, 0.3) is 0 Å². The van der Waals surface area contributed by atoms with E-state index in [1.165, 1.54) is 24.8 Å². The number of nitrogens with two attached hydrogens (primary N) is 1. The first-order valence-electron chi connectivity index (χ1n) is 12.8. The number of nitrogens with one attached hydrogen (secondary N) is 2. The molecule has 6 nitrogen and oxygen atoms in total. The van der Waals surface area contributed by atoms with Crippen LogP contribution in [0.1, 0.15) is 66.2 Å². The molecule has 4 fully saturated rings. The Bertz CT molecular complexity index is 740. The van der Waals surface area contributed by atoms with Crippen LogP contribution in [0.15, 0.2) is 23.8 Å². The molecular weight excluding hydrogens is 398 g/mol. The molecule has 6 heteroatoms. The topological polar surface area (TPSA) is 76.8 Å². The van der Waals surface area contributed by atoms with Crippen LogP contribution in [0.3, 0.4) is 0 Å². The van der Waals surface area contributed by atoms with Crippen LogP contribution in [-0.4, -0.2) is 66.3 Å². The Balaban J connectivity index is 1.41. The monoisotopic (exact) mass is 445 g/mol. The maximum Gasteiger partial charge on any atom is 0.0804 e. The van der Waals surface area contributed by atoms with E-state index in [1.807, 2.05) is 0 Å². The lowest BCUT2D eigenvalue weighted by Gasteiger charge is -2.59. The van der Waals surface area contributed by atoms with Crippen LogP contribution >= 0.6 is 0 Å². The predicted molar refractivity (Wildman–Crippen MR) is 131 cm³/mol. The highest BCUT2D eigenvalue weighted by atomic mass is 16.3. The third-order valence-corrected chi connectivity index (χ3v) is 10.0. The van der Waals surface area contributed by atoms with Crippen molar-refractivity contribution in [2.75, 3.05) is 26.9 Å². The molecule has 182 valence electrons. The third kappa shape index (κ3) is 4.12. The van der Waals surface area contributed by atoms with Gasteiger partial charge in [-0.15, -0.1) is 0 Å². The fourth-order valence-corrected chi connectivity index (χ4v) is 7.48. The van der Waals surface area contributed by atoms with Gasteiger partial charge in [-0.05, 0) is 80.7 Å². The summed E-state index contributed by atoms with van der Waals surface area (Å²) in [6.45, 7) is 16.7. The van der Waals surface area contributed by atoms with E-state index in [1.54, 1.807) is 0 Å². The number of allylic oxidation sites excluding steroid dienone is 1. The number of hydrogen-bond donors (Lipinski definition) is 4. The normalized spacial score (nSPS) is 46.2. The highest BCUT2D eigenvalue weighted by Crippen LogP contribution is 2.62. The number of likely N-dealkylation sites (N-methyl/N-ethyl adjacent to an activating group) is 1. The summed E-state index contributed by atoms with van der Waals surface area (Å²) < 4.78 is 0. The van der Waals surface area contributed by atoms with Gasteiger partial charge in [0, 0.05) is 13.2 Å². The standard InChI is InChI=1S/C26H47N5O/c1-17(11-14-31-16-30(6)24-22(31)23(27)28-15-29-24)9-12-25(4)18(2)10-13-26(5)19(3)20(32)7-8-21(25)26/h11,18,20-24,28-29,32H,3,7-10,12-16,27H2,1-2,4-6H3. The maximum atomic E-state index is 10.5. The van der Waals surface area contributed by atoms with Gasteiger partial charge in [-0.1, -0.05) is 39.0 Å². The number of rotatable bonds is 5. The molecule has 8 atom stereocenters. The van der Waals surface area contributed by atoms with Gasteiger partial charge in [-0.2, -0.15) is 0 Å². The minimum atomic E-state index is -0.312. The summed E-state index contributed by atoms with van der Waals surface area (Å²) in [5.74, 6) is 1.33. The lowest BCUT2D eigenvalue weighted by atomic mass is 9.46. The summed E-state index contributed by atoms with van der Waals surface area (Å²) in [5, 5.41) is 17.4. The molecule has 0 bridgehead atoms. The van der Waals surface area contributed by atoms with E-state index in [-0.39, 0.29) is 17.7 Å². The van der Waals surface area contributed by atoms with Crippen LogP contribution in [0.5, 0.6) is 0 Å². The summed E-state index contributed by atoms with van der Waals surface area (Å²) in [7, 11) is 2.18. The van der Waals surface area contributed by atoms with E-state index in [2.05, 4.69) is 67.8 Å². The SMILES string of the molecule is C=C1C(O)CCC2C1(C)CCC(C)C2(C)CCC(C)=CCN1CN(C)C2NCNC(N)C21. The molecule has 2 saturated carbocycles. The zero-order valence-electron chi connectivity index (χ0n) is 21.0. The highest BCUT2D eigenvalue weighted by molar-refractivity contribution is 5.23. The van der Waals surface area contributed by atoms with Crippen molar-refractivity contribution in [3.63, 3.8) is 0 Å². The molecule has 0 aromatic heterocycles. The molecule has 2 aliphatic carbocycles. The van der Waals surface area contributed by atoms with Gasteiger partial charge in [0.15, 0.2) is 0 Å². The fraction of sp³-hybridized carbons (Fsp3) is 0.846. The average Bonchev–Trinajstić information content (AvgIpc) is 3.09. The summed E-state index contributed by atoms with van der Waals surface area (Å²) in [6.07, 6.45) is 9.22. The maximum absolute atomic E-state index is 10.5. The zero-order chi connectivity index (χ0) is 23.3. The highest BCUT2D eigenvalue weighted by Gasteiger charge is 2.55. The molecule has 2 aliphatic heterocycles. The first kappa shape index (κ1) is 24.4. The smallest absolute Gasteiger partial charge is 0.0804 e. The van der Waals surface area contributed by atoms with Crippen molar-refractivity contribution in [3.8, 4) is 0 Å². The van der Waals surface area contributed by atoms with Gasteiger partial charge in [0.1, 0.15) is 0 Å². The van der Waals surface area contributed by atoms with Crippen LogP contribution < -0.4 is 16.4 Å². The molecule has 0 aromatic rings. The zero-order valence-corrected chi connectivity index (χ0v) is 21.0. The Morgan fingerprint density at radius 3 is 2.78 bits per heavy atom. The van der Waals surface area contributed by atoms with Crippen molar-refractivity contribution >= 4 is 0 Å². The van der Waals surface area contributed by atoms with E-state index in [9.17, 15) is 5.11 Å². The second-order valence-electron chi connectivity index (χ2n) is 11.8. The molecule has 0 spiro atoms. The average molecular weight is 446 g/mol. The minimum Gasteiger partial charge on any atom is -0.389 e. The number of aliphatic hydroxyl groups excluding tert-OH is 1.